The highest BCUT2D eigenvalue weighted by Crippen LogP contribution is 2.40. The summed E-state index contributed by atoms with van der Waals surface area (Å²) in [6.45, 7) is -0.138. The second kappa shape index (κ2) is 6.41. The number of carbonyl (C=O) groups is 1. The van der Waals surface area contributed by atoms with Crippen LogP contribution < -0.4 is 11.1 Å². The lowest BCUT2D eigenvalue weighted by Gasteiger charge is -2.36. The van der Waals surface area contributed by atoms with Crippen LogP contribution >= 0.6 is 0 Å². The molecular weight excluding hydrogens is 302 g/mol. The number of hydrogen-bond acceptors (Lipinski definition) is 2. The van der Waals surface area contributed by atoms with E-state index in [0.29, 0.717) is 12.8 Å². The SMILES string of the molecule is NCC1(CNC(=O)C(C(F)(F)F)C(F)(F)F)CCCCC1. The smallest absolute Gasteiger partial charge is 0.355 e. The Morgan fingerprint density at radius 1 is 1.05 bits per heavy atom. The predicted molar refractivity (Wildman–Crippen MR) is 63.2 cm³/mol. The molecule has 1 aliphatic rings. The maximum absolute atomic E-state index is 12.4. The second-order valence-electron chi connectivity index (χ2n) is 5.50. The maximum atomic E-state index is 12.4. The average Bonchev–Trinajstić information content (AvgIpc) is 2.34. The first-order chi connectivity index (χ1) is 9.52. The lowest BCUT2D eigenvalue weighted by molar-refractivity contribution is -0.274. The van der Waals surface area contributed by atoms with Crippen molar-refractivity contribution in [3.63, 3.8) is 0 Å². The van der Waals surface area contributed by atoms with Crippen LogP contribution in [0.3, 0.4) is 0 Å². The molecule has 0 atom stereocenters. The van der Waals surface area contributed by atoms with Crippen molar-refractivity contribution < 1.29 is 31.1 Å². The summed E-state index contributed by atoms with van der Waals surface area (Å²) in [5.41, 5.74) is 4.97. The largest absolute Gasteiger partial charge is 0.409 e. The molecule has 0 aromatic carbocycles. The van der Waals surface area contributed by atoms with E-state index >= 15 is 0 Å². The van der Waals surface area contributed by atoms with Gasteiger partial charge in [0.05, 0.1) is 0 Å². The molecule has 1 amide bonds. The van der Waals surface area contributed by atoms with Crippen molar-refractivity contribution in [1.29, 1.82) is 0 Å². The van der Waals surface area contributed by atoms with Gasteiger partial charge in [-0.1, -0.05) is 19.3 Å². The van der Waals surface area contributed by atoms with Crippen LogP contribution in [0.4, 0.5) is 26.3 Å². The Labute approximate surface area is 118 Å². The van der Waals surface area contributed by atoms with E-state index in [1.165, 1.54) is 0 Å². The van der Waals surface area contributed by atoms with Crippen molar-refractivity contribution in [1.82, 2.24) is 5.32 Å². The quantitative estimate of drug-likeness (QED) is 0.783. The maximum Gasteiger partial charge on any atom is 0.409 e. The molecule has 0 heterocycles. The molecule has 3 N–H and O–H groups in total. The molecule has 0 unspecified atom stereocenters. The Balaban J connectivity index is 2.74. The third-order valence-electron chi connectivity index (χ3n) is 3.90. The van der Waals surface area contributed by atoms with Gasteiger partial charge in [0.25, 0.3) is 0 Å². The number of carbonyl (C=O) groups excluding carboxylic acids is 1. The fourth-order valence-corrected chi connectivity index (χ4v) is 2.61. The van der Waals surface area contributed by atoms with Crippen molar-refractivity contribution in [2.75, 3.05) is 13.1 Å². The summed E-state index contributed by atoms with van der Waals surface area (Å²) in [6, 6.07) is 0. The number of halogens is 6. The van der Waals surface area contributed by atoms with Crippen LogP contribution in [-0.4, -0.2) is 31.3 Å². The minimum atomic E-state index is -5.66. The Morgan fingerprint density at radius 2 is 1.52 bits per heavy atom. The van der Waals surface area contributed by atoms with Crippen LogP contribution in [-0.2, 0) is 4.79 Å². The summed E-state index contributed by atoms with van der Waals surface area (Å²) in [5.74, 6) is -6.06. The zero-order valence-corrected chi connectivity index (χ0v) is 11.3. The van der Waals surface area contributed by atoms with E-state index in [1.807, 2.05) is 0 Å². The molecule has 3 nitrogen and oxygen atoms in total. The number of alkyl halides is 6. The molecular formula is C12H18F6N2O. The fourth-order valence-electron chi connectivity index (χ4n) is 2.61. The highest BCUT2D eigenvalue weighted by molar-refractivity contribution is 5.80. The molecule has 0 aromatic heterocycles. The minimum absolute atomic E-state index is 0.121. The van der Waals surface area contributed by atoms with E-state index in [-0.39, 0.29) is 13.1 Å². The van der Waals surface area contributed by atoms with Crippen LogP contribution in [0.15, 0.2) is 0 Å². The monoisotopic (exact) mass is 320 g/mol. The molecule has 0 spiro atoms. The zero-order chi connectivity index (χ0) is 16.3. The van der Waals surface area contributed by atoms with Gasteiger partial charge in [0.15, 0.2) is 0 Å². The van der Waals surface area contributed by atoms with Crippen molar-refractivity contribution >= 4 is 5.91 Å². The molecule has 0 saturated heterocycles. The van der Waals surface area contributed by atoms with Crippen molar-refractivity contribution in [2.45, 2.75) is 44.5 Å². The summed E-state index contributed by atoms with van der Waals surface area (Å²) >= 11 is 0. The molecule has 1 rings (SSSR count). The van der Waals surface area contributed by atoms with Gasteiger partial charge in [-0.15, -0.1) is 0 Å². The fraction of sp³-hybridized carbons (Fsp3) is 0.917. The summed E-state index contributed by atoms with van der Waals surface area (Å²) in [5, 5.41) is 1.80. The van der Waals surface area contributed by atoms with Gasteiger partial charge in [0.2, 0.25) is 11.8 Å². The molecule has 0 radical (unpaired) electrons. The van der Waals surface area contributed by atoms with Gasteiger partial charge in [-0.25, -0.2) is 0 Å². The lowest BCUT2D eigenvalue weighted by Crippen LogP contribution is -2.51. The predicted octanol–water partition coefficient (Wildman–Crippen LogP) is 2.75. The molecule has 1 fully saturated rings. The first-order valence-corrected chi connectivity index (χ1v) is 6.63. The van der Waals surface area contributed by atoms with Crippen LogP contribution in [0.2, 0.25) is 0 Å². The molecule has 124 valence electrons. The van der Waals surface area contributed by atoms with Gasteiger partial charge >= 0.3 is 12.4 Å². The highest BCUT2D eigenvalue weighted by atomic mass is 19.4. The minimum Gasteiger partial charge on any atom is -0.355 e. The van der Waals surface area contributed by atoms with Crippen molar-refractivity contribution in [2.24, 2.45) is 17.1 Å². The molecule has 1 aliphatic carbocycles. The van der Waals surface area contributed by atoms with E-state index in [0.717, 1.165) is 19.3 Å². The molecule has 9 heteroatoms. The number of hydrogen-bond donors (Lipinski definition) is 2. The number of nitrogens with one attached hydrogen (secondary N) is 1. The summed E-state index contributed by atoms with van der Waals surface area (Å²) < 4.78 is 74.4. The second-order valence-corrected chi connectivity index (χ2v) is 5.50. The number of rotatable bonds is 4. The van der Waals surface area contributed by atoms with E-state index in [1.54, 1.807) is 5.32 Å². The normalized spacial score (nSPS) is 19.6. The van der Waals surface area contributed by atoms with Gasteiger partial charge in [0.1, 0.15) is 0 Å². The van der Waals surface area contributed by atoms with Gasteiger partial charge in [-0.3, -0.25) is 4.79 Å². The van der Waals surface area contributed by atoms with E-state index in [9.17, 15) is 31.1 Å². The summed E-state index contributed by atoms with van der Waals surface area (Å²) in [7, 11) is 0. The Morgan fingerprint density at radius 3 is 1.90 bits per heavy atom. The first kappa shape index (κ1) is 18.1. The van der Waals surface area contributed by atoms with Crippen LogP contribution in [0.25, 0.3) is 0 Å². The standard InChI is InChI=1S/C12H18F6N2O/c13-11(14,15)8(12(16,17)18)9(21)20-7-10(6-19)4-2-1-3-5-10/h8H,1-7,19H2,(H,20,21). The van der Waals surface area contributed by atoms with E-state index in [2.05, 4.69) is 0 Å². The third kappa shape index (κ3) is 4.76. The van der Waals surface area contributed by atoms with Crippen LogP contribution in [0.5, 0.6) is 0 Å². The summed E-state index contributed by atoms with van der Waals surface area (Å²) in [6.07, 6.45) is -7.60. The Bertz CT molecular complexity index is 346. The Hall–Kier alpha value is -0.990. The van der Waals surface area contributed by atoms with Crippen LogP contribution in [0, 0.1) is 11.3 Å². The first-order valence-electron chi connectivity index (χ1n) is 6.63. The van der Waals surface area contributed by atoms with E-state index < -0.39 is 29.6 Å². The number of amides is 1. The van der Waals surface area contributed by atoms with Gasteiger partial charge in [-0.2, -0.15) is 26.3 Å². The summed E-state index contributed by atoms with van der Waals surface area (Å²) in [4.78, 5) is 11.3. The molecule has 1 saturated carbocycles. The van der Waals surface area contributed by atoms with E-state index in [4.69, 9.17) is 5.73 Å². The zero-order valence-electron chi connectivity index (χ0n) is 11.3. The molecule has 0 bridgehead atoms. The average molecular weight is 320 g/mol. The van der Waals surface area contributed by atoms with Crippen LogP contribution in [0.1, 0.15) is 32.1 Å². The van der Waals surface area contributed by atoms with Gasteiger partial charge in [0, 0.05) is 6.54 Å². The highest BCUT2D eigenvalue weighted by Gasteiger charge is 2.61. The molecule has 21 heavy (non-hydrogen) atoms. The van der Waals surface area contributed by atoms with Gasteiger partial charge in [-0.05, 0) is 24.8 Å². The Kier molecular flexibility index (Phi) is 5.51. The van der Waals surface area contributed by atoms with Gasteiger partial charge < -0.3 is 11.1 Å². The third-order valence-corrected chi connectivity index (χ3v) is 3.90. The molecule has 0 aromatic rings. The molecule has 0 aliphatic heterocycles. The topological polar surface area (TPSA) is 55.1 Å². The lowest BCUT2D eigenvalue weighted by atomic mass is 9.74. The van der Waals surface area contributed by atoms with Crippen molar-refractivity contribution in [3.8, 4) is 0 Å². The van der Waals surface area contributed by atoms with Crippen molar-refractivity contribution in [3.05, 3.63) is 0 Å². The number of nitrogens with two attached hydrogens (primary N) is 1.